The topological polar surface area (TPSA) is 49.8 Å². The quantitative estimate of drug-likeness (QED) is 0.678. The Kier molecular flexibility index (Phi) is 4.10. The number of carboxylic acid groups (broad SMARTS) is 1. The van der Waals surface area contributed by atoms with E-state index in [9.17, 15) is 4.79 Å². The van der Waals surface area contributed by atoms with E-state index >= 15 is 0 Å². The van der Waals surface area contributed by atoms with Gasteiger partial charge in [0, 0.05) is 31.4 Å². The van der Waals surface area contributed by atoms with Gasteiger partial charge in [-0.05, 0) is 19.9 Å². The van der Waals surface area contributed by atoms with Crippen molar-refractivity contribution in [3.05, 3.63) is 12.2 Å². The molecule has 4 nitrogen and oxygen atoms in total. The minimum Gasteiger partial charge on any atom is -0.478 e. The summed E-state index contributed by atoms with van der Waals surface area (Å²) in [5.41, 5.74) is 0.249. The third-order valence-electron chi connectivity index (χ3n) is 2.56. The van der Waals surface area contributed by atoms with Crippen LogP contribution in [0.4, 0.5) is 0 Å². The maximum absolute atomic E-state index is 10.6. The average molecular weight is 199 g/mol. The second-order valence-corrected chi connectivity index (χ2v) is 3.67. The lowest BCUT2D eigenvalue weighted by molar-refractivity contribution is -0.132. The first-order chi connectivity index (χ1) is 6.61. The second-order valence-electron chi connectivity index (χ2n) is 3.67. The Morgan fingerprint density at radius 3 is 2.64 bits per heavy atom. The fraction of sp³-hybridized carbons (Fsp3) is 0.700. The standard InChI is InChI=1S/C10H17NO3/c1-8(10(12)13)7-11(2)9-3-5-14-6-4-9/h9H,1,3-7H2,2H3,(H,12,13). The van der Waals surface area contributed by atoms with E-state index in [1.165, 1.54) is 0 Å². The average Bonchev–Trinajstić information content (AvgIpc) is 2.19. The first-order valence-electron chi connectivity index (χ1n) is 4.80. The highest BCUT2D eigenvalue weighted by Gasteiger charge is 2.19. The van der Waals surface area contributed by atoms with Crippen LogP contribution in [0.3, 0.4) is 0 Å². The van der Waals surface area contributed by atoms with Gasteiger partial charge >= 0.3 is 5.97 Å². The Morgan fingerprint density at radius 1 is 1.57 bits per heavy atom. The summed E-state index contributed by atoms with van der Waals surface area (Å²) in [6.45, 7) is 5.49. The van der Waals surface area contributed by atoms with Gasteiger partial charge in [0.05, 0.1) is 0 Å². The molecular weight excluding hydrogens is 182 g/mol. The molecule has 14 heavy (non-hydrogen) atoms. The summed E-state index contributed by atoms with van der Waals surface area (Å²) in [6, 6.07) is 0.430. The number of carbonyl (C=O) groups is 1. The zero-order valence-electron chi connectivity index (χ0n) is 8.53. The molecule has 1 aliphatic rings. The van der Waals surface area contributed by atoms with Crippen LogP contribution in [0.2, 0.25) is 0 Å². The lowest BCUT2D eigenvalue weighted by Crippen LogP contribution is -2.38. The summed E-state index contributed by atoms with van der Waals surface area (Å²) in [6.07, 6.45) is 1.95. The van der Waals surface area contributed by atoms with Crippen molar-refractivity contribution in [3.63, 3.8) is 0 Å². The van der Waals surface area contributed by atoms with Crippen molar-refractivity contribution < 1.29 is 14.6 Å². The summed E-state index contributed by atoms with van der Waals surface area (Å²) in [7, 11) is 1.93. The fourth-order valence-corrected chi connectivity index (χ4v) is 1.62. The van der Waals surface area contributed by atoms with Gasteiger partial charge in [0.15, 0.2) is 0 Å². The van der Waals surface area contributed by atoms with E-state index in [4.69, 9.17) is 9.84 Å². The fourth-order valence-electron chi connectivity index (χ4n) is 1.62. The van der Waals surface area contributed by atoms with Crippen molar-refractivity contribution in [2.24, 2.45) is 0 Å². The van der Waals surface area contributed by atoms with Crippen LogP contribution in [-0.2, 0) is 9.53 Å². The Hall–Kier alpha value is -0.870. The van der Waals surface area contributed by atoms with Crippen LogP contribution in [0.1, 0.15) is 12.8 Å². The lowest BCUT2D eigenvalue weighted by atomic mass is 10.1. The number of ether oxygens (including phenoxy) is 1. The molecule has 1 heterocycles. The number of hydrogen-bond donors (Lipinski definition) is 1. The zero-order valence-corrected chi connectivity index (χ0v) is 8.53. The van der Waals surface area contributed by atoms with Gasteiger partial charge in [0.2, 0.25) is 0 Å². The molecule has 0 aromatic carbocycles. The van der Waals surface area contributed by atoms with E-state index in [2.05, 4.69) is 6.58 Å². The molecule has 0 aromatic heterocycles. The molecule has 4 heteroatoms. The summed E-state index contributed by atoms with van der Waals surface area (Å²) in [5, 5.41) is 8.68. The molecule has 0 radical (unpaired) electrons. The summed E-state index contributed by atoms with van der Waals surface area (Å²) >= 11 is 0. The van der Waals surface area contributed by atoms with Crippen LogP contribution >= 0.6 is 0 Å². The number of hydrogen-bond acceptors (Lipinski definition) is 3. The number of likely N-dealkylation sites (N-methyl/N-ethyl adjacent to an activating group) is 1. The zero-order chi connectivity index (χ0) is 10.6. The van der Waals surface area contributed by atoms with Gasteiger partial charge in [-0.25, -0.2) is 4.79 Å². The minimum absolute atomic E-state index is 0.249. The Bertz CT molecular complexity index is 221. The van der Waals surface area contributed by atoms with Crippen LogP contribution in [0.15, 0.2) is 12.2 Å². The SMILES string of the molecule is C=C(CN(C)C1CCOCC1)C(=O)O. The van der Waals surface area contributed by atoms with Crippen molar-refractivity contribution in [1.29, 1.82) is 0 Å². The Labute approximate surface area is 84.2 Å². The molecule has 1 saturated heterocycles. The predicted octanol–water partition coefficient (Wildman–Crippen LogP) is 0.738. The van der Waals surface area contributed by atoms with Crippen molar-refractivity contribution in [3.8, 4) is 0 Å². The van der Waals surface area contributed by atoms with Gasteiger partial charge < -0.3 is 9.84 Å². The molecule has 0 aromatic rings. The van der Waals surface area contributed by atoms with Crippen molar-refractivity contribution in [2.75, 3.05) is 26.8 Å². The molecule has 1 fully saturated rings. The first kappa shape index (κ1) is 11.2. The number of carboxylic acids is 1. The summed E-state index contributed by atoms with van der Waals surface area (Å²) in [4.78, 5) is 12.6. The molecule has 1 rings (SSSR count). The van der Waals surface area contributed by atoms with E-state index in [0.717, 1.165) is 26.1 Å². The molecular formula is C10H17NO3. The molecule has 0 spiro atoms. The van der Waals surface area contributed by atoms with Crippen molar-refractivity contribution in [2.45, 2.75) is 18.9 Å². The van der Waals surface area contributed by atoms with E-state index in [-0.39, 0.29) is 5.57 Å². The monoisotopic (exact) mass is 199 g/mol. The maximum atomic E-state index is 10.6. The van der Waals surface area contributed by atoms with Crippen LogP contribution in [-0.4, -0.2) is 48.8 Å². The van der Waals surface area contributed by atoms with Gasteiger partial charge in [-0.1, -0.05) is 6.58 Å². The van der Waals surface area contributed by atoms with Crippen LogP contribution in [0, 0.1) is 0 Å². The molecule has 0 unspecified atom stereocenters. The normalized spacial score (nSPS) is 18.4. The molecule has 0 saturated carbocycles. The highest BCUT2D eigenvalue weighted by molar-refractivity contribution is 5.86. The Balaban J connectivity index is 2.36. The molecule has 0 amide bonds. The summed E-state index contributed by atoms with van der Waals surface area (Å²) < 4.78 is 5.24. The lowest BCUT2D eigenvalue weighted by Gasteiger charge is -2.31. The molecule has 1 N–H and O–H groups in total. The number of rotatable bonds is 4. The van der Waals surface area contributed by atoms with Gasteiger partial charge in [-0.3, -0.25) is 4.90 Å². The molecule has 80 valence electrons. The second kappa shape index (κ2) is 5.12. The van der Waals surface area contributed by atoms with Crippen LogP contribution < -0.4 is 0 Å². The first-order valence-corrected chi connectivity index (χ1v) is 4.80. The van der Waals surface area contributed by atoms with Gasteiger partial charge in [0.1, 0.15) is 0 Å². The molecule has 1 aliphatic heterocycles. The largest absolute Gasteiger partial charge is 0.478 e. The third kappa shape index (κ3) is 3.12. The van der Waals surface area contributed by atoms with E-state index in [0.29, 0.717) is 12.6 Å². The van der Waals surface area contributed by atoms with Gasteiger partial charge in [-0.15, -0.1) is 0 Å². The molecule has 0 atom stereocenters. The van der Waals surface area contributed by atoms with E-state index < -0.39 is 5.97 Å². The van der Waals surface area contributed by atoms with Crippen molar-refractivity contribution >= 4 is 5.97 Å². The third-order valence-corrected chi connectivity index (χ3v) is 2.56. The maximum Gasteiger partial charge on any atom is 0.332 e. The van der Waals surface area contributed by atoms with Gasteiger partial charge in [0.25, 0.3) is 0 Å². The predicted molar refractivity (Wildman–Crippen MR) is 53.2 cm³/mol. The highest BCUT2D eigenvalue weighted by atomic mass is 16.5. The van der Waals surface area contributed by atoms with E-state index in [1.807, 2.05) is 11.9 Å². The van der Waals surface area contributed by atoms with Crippen molar-refractivity contribution in [1.82, 2.24) is 4.90 Å². The smallest absolute Gasteiger partial charge is 0.332 e. The number of nitrogens with zero attached hydrogens (tertiary/aromatic N) is 1. The van der Waals surface area contributed by atoms with Gasteiger partial charge in [-0.2, -0.15) is 0 Å². The molecule has 0 bridgehead atoms. The Morgan fingerprint density at radius 2 is 2.14 bits per heavy atom. The number of aliphatic carboxylic acids is 1. The van der Waals surface area contributed by atoms with Crippen LogP contribution in [0.25, 0.3) is 0 Å². The summed E-state index contributed by atoms with van der Waals surface area (Å²) in [5.74, 6) is -0.913. The van der Waals surface area contributed by atoms with E-state index in [1.54, 1.807) is 0 Å². The van der Waals surface area contributed by atoms with Crippen LogP contribution in [0.5, 0.6) is 0 Å². The molecule has 0 aliphatic carbocycles. The minimum atomic E-state index is -0.913. The highest BCUT2D eigenvalue weighted by Crippen LogP contribution is 2.13.